The number of carbonyl (C=O) groups is 1. The number of fused-ring (bicyclic) bond motifs is 1. The van der Waals surface area contributed by atoms with Crippen molar-refractivity contribution in [1.82, 2.24) is 5.32 Å². The fourth-order valence-electron chi connectivity index (χ4n) is 3.76. The van der Waals surface area contributed by atoms with Crippen LogP contribution in [0.2, 0.25) is 0 Å². The summed E-state index contributed by atoms with van der Waals surface area (Å²) in [5, 5.41) is 13.1. The fraction of sp³-hybridized carbons (Fsp3) is 0.381. The van der Waals surface area contributed by atoms with E-state index in [2.05, 4.69) is 31.3 Å². The van der Waals surface area contributed by atoms with Gasteiger partial charge in [0.1, 0.15) is 0 Å². The van der Waals surface area contributed by atoms with Gasteiger partial charge in [-0.3, -0.25) is 0 Å². The van der Waals surface area contributed by atoms with E-state index in [0.717, 1.165) is 48.1 Å². The van der Waals surface area contributed by atoms with Crippen molar-refractivity contribution in [1.29, 1.82) is 0 Å². The van der Waals surface area contributed by atoms with Crippen molar-refractivity contribution >= 4 is 5.97 Å². The Labute approximate surface area is 143 Å². The Hall–Kier alpha value is -2.13. The highest BCUT2D eigenvalue weighted by molar-refractivity contribution is 5.98. The summed E-state index contributed by atoms with van der Waals surface area (Å²) in [6, 6.07) is 12.2. The number of benzene rings is 2. The lowest BCUT2D eigenvalue weighted by molar-refractivity contribution is 0.0695. The van der Waals surface area contributed by atoms with Crippen LogP contribution in [0.25, 0.3) is 11.1 Å². The predicted octanol–water partition coefficient (Wildman–Crippen LogP) is 4.29. The molecule has 126 valence electrons. The summed E-state index contributed by atoms with van der Waals surface area (Å²) in [6.07, 6.45) is 2.89. The summed E-state index contributed by atoms with van der Waals surface area (Å²) >= 11 is 0. The third kappa shape index (κ3) is 3.09. The second kappa shape index (κ2) is 6.40. The lowest BCUT2D eigenvalue weighted by Gasteiger charge is -2.33. The molecule has 3 nitrogen and oxygen atoms in total. The average Bonchev–Trinajstić information content (AvgIpc) is 2.53. The molecule has 0 saturated carbocycles. The van der Waals surface area contributed by atoms with E-state index in [1.165, 1.54) is 5.56 Å². The Balaban J connectivity index is 2.22. The molecule has 1 aliphatic rings. The van der Waals surface area contributed by atoms with Crippen molar-refractivity contribution in [2.75, 3.05) is 7.05 Å². The van der Waals surface area contributed by atoms with Gasteiger partial charge in [-0.1, -0.05) is 50.2 Å². The second-order valence-corrected chi connectivity index (χ2v) is 7.46. The monoisotopic (exact) mass is 323 g/mol. The van der Waals surface area contributed by atoms with Gasteiger partial charge in [0.05, 0.1) is 5.56 Å². The number of carboxylic acids is 1. The van der Waals surface area contributed by atoms with E-state index in [9.17, 15) is 9.90 Å². The van der Waals surface area contributed by atoms with Crippen molar-refractivity contribution in [3.8, 4) is 11.1 Å². The van der Waals surface area contributed by atoms with Gasteiger partial charge in [0.2, 0.25) is 0 Å². The van der Waals surface area contributed by atoms with Gasteiger partial charge >= 0.3 is 5.97 Å². The first-order chi connectivity index (χ1) is 11.4. The molecule has 1 aliphatic carbocycles. The lowest BCUT2D eigenvalue weighted by atomic mass is 9.72. The van der Waals surface area contributed by atoms with Crippen LogP contribution < -0.4 is 5.32 Å². The summed E-state index contributed by atoms with van der Waals surface area (Å²) in [5.74, 6) is -0.821. The molecule has 0 amide bonds. The van der Waals surface area contributed by atoms with Crippen LogP contribution in [-0.2, 0) is 19.4 Å². The average molecular weight is 323 g/mol. The van der Waals surface area contributed by atoms with E-state index in [1.807, 2.05) is 31.3 Å². The van der Waals surface area contributed by atoms with Gasteiger partial charge in [-0.15, -0.1) is 0 Å². The van der Waals surface area contributed by atoms with Crippen LogP contribution in [0.5, 0.6) is 0 Å². The molecule has 2 N–H and O–H groups in total. The van der Waals surface area contributed by atoms with Gasteiger partial charge in [-0.2, -0.15) is 0 Å². The number of hydrogen-bond donors (Lipinski definition) is 2. The first-order valence-electron chi connectivity index (χ1n) is 8.54. The van der Waals surface area contributed by atoms with E-state index in [1.54, 1.807) is 0 Å². The number of hydrogen-bond acceptors (Lipinski definition) is 2. The summed E-state index contributed by atoms with van der Waals surface area (Å²) in [6.45, 7) is 5.17. The van der Waals surface area contributed by atoms with Crippen molar-refractivity contribution in [2.45, 2.75) is 39.7 Å². The smallest absolute Gasteiger partial charge is 0.336 e. The van der Waals surface area contributed by atoms with Crippen LogP contribution in [0.15, 0.2) is 36.4 Å². The molecule has 2 aromatic rings. The fourth-order valence-corrected chi connectivity index (χ4v) is 3.76. The van der Waals surface area contributed by atoms with Crippen LogP contribution in [0.3, 0.4) is 0 Å². The normalized spacial score (nSPS) is 15.8. The Morgan fingerprint density at radius 1 is 1.17 bits per heavy atom. The highest BCUT2D eigenvalue weighted by atomic mass is 16.4. The molecule has 0 radical (unpaired) electrons. The Kier molecular flexibility index (Phi) is 4.46. The first kappa shape index (κ1) is 16.7. The second-order valence-electron chi connectivity index (χ2n) is 7.46. The van der Waals surface area contributed by atoms with Crippen LogP contribution in [0.1, 0.15) is 47.3 Å². The lowest BCUT2D eigenvalue weighted by Crippen LogP contribution is -2.25. The van der Waals surface area contributed by atoms with Gasteiger partial charge in [0, 0.05) is 6.54 Å². The molecular formula is C21H25NO2. The molecule has 2 aromatic carbocycles. The minimum absolute atomic E-state index is 0.153. The third-order valence-electron chi connectivity index (χ3n) is 5.02. The standard InChI is InChI=1S/C21H25NO2/c1-21(2)11-10-14-8-9-17(19(20(23)24)18(14)12-21)16-7-5-4-6-15(16)13-22-3/h4-9,22H,10-13H2,1-3H3,(H,23,24). The quantitative estimate of drug-likeness (QED) is 0.882. The molecule has 0 aliphatic heterocycles. The molecule has 0 fully saturated rings. The first-order valence-corrected chi connectivity index (χ1v) is 8.54. The van der Waals surface area contributed by atoms with Gasteiger partial charge in [-0.25, -0.2) is 4.79 Å². The van der Waals surface area contributed by atoms with E-state index in [4.69, 9.17) is 0 Å². The van der Waals surface area contributed by atoms with Crippen molar-refractivity contribution in [3.63, 3.8) is 0 Å². The largest absolute Gasteiger partial charge is 0.478 e. The molecule has 0 saturated heterocycles. The predicted molar refractivity (Wildman–Crippen MR) is 97.4 cm³/mol. The van der Waals surface area contributed by atoms with Crippen molar-refractivity contribution in [2.24, 2.45) is 5.41 Å². The van der Waals surface area contributed by atoms with E-state index in [0.29, 0.717) is 5.56 Å². The Bertz CT molecular complexity index is 777. The van der Waals surface area contributed by atoms with Crippen molar-refractivity contribution < 1.29 is 9.90 Å². The molecule has 0 spiro atoms. The van der Waals surface area contributed by atoms with Gasteiger partial charge < -0.3 is 10.4 Å². The maximum Gasteiger partial charge on any atom is 0.336 e. The number of nitrogens with one attached hydrogen (secondary N) is 1. The maximum absolute atomic E-state index is 12.1. The molecule has 3 heteroatoms. The minimum Gasteiger partial charge on any atom is -0.478 e. The van der Waals surface area contributed by atoms with Gasteiger partial charge in [-0.05, 0) is 59.5 Å². The van der Waals surface area contributed by atoms with Crippen LogP contribution >= 0.6 is 0 Å². The van der Waals surface area contributed by atoms with Crippen LogP contribution in [0, 0.1) is 5.41 Å². The Morgan fingerprint density at radius 3 is 2.62 bits per heavy atom. The molecule has 0 unspecified atom stereocenters. The molecule has 3 rings (SSSR count). The zero-order valence-electron chi connectivity index (χ0n) is 14.6. The summed E-state index contributed by atoms with van der Waals surface area (Å²) < 4.78 is 0. The minimum atomic E-state index is -0.821. The number of carboxylic acid groups (broad SMARTS) is 1. The number of aromatic carboxylic acids is 1. The van der Waals surface area contributed by atoms with Gasteiger partial charge in [0.25, 0.3) is 0 Å². The maximum atomic E-state index is 12.1. The molecule has 0 heterocycles. The van der Waals surface area contributed by atoms with Gasteiger partial charge in [0.15, 0.2) is 0 Å². The summed E-state index contributed by atoms with van der Waals surface area (Å²) in [4.78, 5) is 12.1. The topological polar surface area (TPSA) is 49.3 Å². The van der Waals surface area contributed by atoms with E-state index >= 15 is 0 Å². The molecular weight excluding hydrogens is 298 g/mol. The number of aryl methyl sites for hydroxylation is 1. The zero-order chi connectivity index (χ0) is 17.3. The SMILES string of the molecule is CNCc1ccccc1-c1ccc2c(c1C(=O)O)CC(C)(C)CC2. The van der Waals surface area contributed by atoms with Crippen LogP contribution in [0.4, 0.5) is 0 Å². The highest BCUT2D eigenvalue weighted by Crippen LogP contribution is 2.40. The Morgan fingerprint density at radius 2 is 1.92 bits per heavy atom. The van der Waals surface area contributed by atoms with Crippen LogP contribution in [-0.4, -0.2) is 18.1 Å². The van der Waals surface area contributed by atoms with E-state index in [-0.39, 0.29) is 5.41 Å². The molecule has 24 heavy (non-hydrogen) atoms. The molecule has 0 atom stereocenters. The van der Waals surface area contributed by atoms with E-state index < -0.39 is 5.97 Å². The third-order valence-corrected chi connectivity index (χ3v) is 5.02. The number of rotatable bonds is 4. The molecule has 0 bridgehead atoms. The molecule has 0 aromatic heterocycles. The summed E-state index contributed by atoms with van der Waals surface area (Å²) in [7, 11) is 1.91. The van der Waals surface area contributed by atoms with Crippen molar-refractivity contribution in [3.05, 3.63) is 58.7 Å². The zero-order valence-corrected chi connectivity index (χ0v) is 14.6. The summed E-state index contributed by atoms with van der Waals surface area (Å²) in [5.41, 5.74) is 5.83. The highest BCUT2D eigenvalue weighted by Gasteiger charge is 2.30.